The van der Waals surface area contributed by atoms with Gasteiger partial charge in [-0.3, -0.25) is 4.79 Å². The Bertz CT molecular complexity index is 976. The lowest BCUT2D eigenvalue weighted by molar-refractivity contribution is -0.115. The molecule has 1 fully saturated rings. The van der Waals surface area contributed by atoms with Gasteiger partial charge in [0.1, 0.15) is 5.75 Å². The molecule has 2 aromatic heterocycles. The third-order valence-electron chi connectivity index (χ3n) is 5.55. The molecule has 6 nitrogen and oxygen atoms in total. The van der Waals surface area contributed by atoms with Crippen LogP contribution in [0, 0.1) is 5.92 Å². The second-order valence-corrected chi connectivity index (χ2v) is 7.62. The fourth-order valence-corrected chi connectivity index (χ4v) is 3.94. The van der Waals surface area contributed by atoms with Gasteiger partial charge < -0.3 is 19.8 Å². The number of ether oxygens (including phenoxy) is 2. The summed E-state index contributed by atoms with van der Waals surface area (Å²) in [4.78, 5) is 20.2. The number of rotatable bonds is 7. The van der Waals surface area contributed by atoms with Gasteiger partial charge in [-0.2, -0.15) is 0 Å². The fraction of sp³-hybridized carbons (Fsp3) is 0.391. The number of benzene rings is 1. The van der Waals surface area contributed by atoms with Crippen LogP contribution >= 0.6 is 0 Å². The monoisotopic (exact) mass is 393 g/mol. The summed E-state index contributed by atoms with van der Waals surface area (Å²) in [6.07, 6.45) is 10.1. The summed E-state index contributed by atoms with van der Waals surface area (Å²) in [6, 6.07) is 9.48. The molecule has 0 unspecified atom stereocenters. The standard InChI is InChI=1S/C23H27N3O3/c1-28-18-9-10-20-19(13-18)17(14-25-20)12-22(27)26-23-21(8-5-11-24-23)29-15-16-6-3-2-4-7-16/h5,8-11,13-14,16,25H,2-4,6-7,12,15H2,1H3,(H,24,26,27). The molecular weight excluding hydrogens is 366 g/mol. The van der Waals surface area contributed by atoms with Crippen LogP contribution in [-0.2, 0) is 11.2 Å². The molecule has 29 heavy (non-hydrogen) atoms. The van der Waals surface area contributed by atoms with Crippen LogP contribution in [0.3, 0.4) is 0 Å². The first-order valence-electron chi connectivity index (χ1n) is 10.2. The van der Waals surface area contributed by atoms with E-state index in [2.05, 4.69) is 15.3 Å². The maximum Gasteiger partial charge on any atom is 0.230 e. The zero-order chi connectivity index (χ0) is 20.1. The van der Waals surface area contributed by atoms with Crippen molar-refractivity contribution in [1.29, 1.82) is 0 Å². The molecule has 1 amide bonds. The number of H-pyrrole nitrogens is 1. The van der Waals surface area contributed by atoms with Crippen LogP contribution in [0.1, 0.15) is 37.7 Å². The topological polar surface area (TPSA) is 76.2 Å². The summed E-state index contributed by atoms with van der Waals surface area (Å²) >= 11 is 0. The Morgan fingerprint density at radius 3 is 2.93 bits per heavy atom. The second-order valence-electron chi connectivity index (χ2n) is 7.62. The Hall–Kier alpha value is -3.02. The minimum atomic E-state index is -0.130. The van der Waals surface area contributed by atoms with E-state index in [9.17, 15) is 4.79 Å². The number of anilines is 1. The van der Waals surface area contributed by atoms with Crippen molar-refractivity contribution in [3.8, 4) is 11.5 Å². The second kappa shape index (κ2) is 8.99. The van der Waals surface area contributed by atoms with Crippen LogP contribution in [0.4, 0.5) is 5.82 Å². The minimum Gasteiger partial charge on any atom is -0.497 e. The molecule has 0 bridgehead atoms. The zero-order valence-corrected chi connectivity index (χ0v) is 16.7. The van der Waals surface area contributed by atoms with Gasteiger partial charge in [0, 0.05) is 23.3 Å². The van der Waals surface area contributed by atoms with Gasteiger partial charge in [-0.05, 0) is 54.7 Å². The van der Waals surface area contributed by atoms with Crippen molar-refractivity contribution in [2.75, 3.05) is 19.0 Å². The van der Waals surface area contributed by atoms with E-state index in [4.69, 9.17) is 9.47 Å². The average molecular weight is 393 g/mol. The highest BCUT2D eigenvalue weighted by Crippen LogP contribution is 2.28. The van der Waals surface area contributed by atoms with Gasteiger partial charge in [0.15, 0.2) is 11.6 Å². The van der Waals surface area contributed by atoms with Gasteiger partial charge in [0.05, 0.1) is 20.1 Å². The van der Waals surface area contributed by atoms with Crippen LogP contribution in [-0.4, -0.2) is 29.6 Å². The molecule has 2 heterocycles. The Labute approximate surface area is 170 Å². The Kier molecular flexibility index (Phi) is 5.98. The van der Waals surface area contributed by atoms with Gasteiger partial charge in [0.25, 0.3) is 0 Å². The number of nitrogens with zero attached hydrogens (tertiary/aromatic N) is 1. The van der Waals surface area contributed by atoms with E-state index in [-0.39, 0.29) is 12.3 Å². The van der Waals surface area contributed by atoms with Crippen molar-refractivity contribution >= 4 is 22.6 Å². The summed E-state index contributed by atoms with van der Waals surface area (Å²) in [5.41, 5.74) is 1.89. The highest BCUT2D eigenvalue weighted by Gasteiger charge is 2.16. The largest absolute Gasteiger partial charge is 0.497 e. The lowest BCUT2D eigenvalue weighted by Crippen LogP contribution is -2.18. The molecule has 6 heteroatoms. The van der Waals surface area contributed by atoms with E-state index in [1.807, 2.05) is 36.5 Å². The van der Waals surface area contributed by atoms with E-state index in [1.165, 1.54) is 32.1 Å². The quantitative estimate of drug-likeness (QED) is 0.609. The maximum atomic E-state index is 12.7. The van der Waals surface area contributed by atoms with E-state index < -0.39 is 0 Å². The van der Waals surface area contributed by atoms with E-state index in [0.717, 1.165) is 22.2 Å². The normalized spacial score (nSPS) is 14.7. The van der Waals surface area contributed by atoms with Gasteiger partial charge in [-0.25, -0.2) is 4.98 Å². The molecule has 0 atom stereocenters. The van der Waals surface area contributed by atoms with Crippen LogP contribution in [0.5, 0.6) is 11.5 Å². The molecule has 1 saturated carbocycles. The summed E-state index contributed by atoms with van der Waals surface area (Å²) in [5, 5.41) is 3.89. The molecule has 0 aliphatic heterocycles. The fourth-order valence-electron chi connectivity index (χ4n) is 3.94. The predicted molar refractivity (Wildman–Crippen MR) is 113 cm³/mol. The summed E-state index contributed by atoms with van der Waals surface area (Å²) < 4.78 is 11.3. The Morgan fingerprint density at radius 2 is 2.10 bits per heavy atom. The molecule has 0 spiro atoms. The number of pyridine rings is 1. The smallest absolute Gasteiger partial charge is 0.230 e. The molecule has 1 aliphatic carbocycles. The zero-order valence-electron chi connectivity index (χ0n) is 16.7. The number of carbonyl (C=O) groups is 1. The van der Waals surface area contributed by atoms with Crippen molar-refractivity contribution in [2.45, 2.75) is 38.5 Å². The number of aromatic amines is 1. The van der Waals surface area contributed by atoms with Crippen LogP contribution in [0.25, 0.3) is 10.9 Å². The van der Waals surface area contributed by atoms with Crippen molar-refractivity contribution in [1.82, 2.24) is 9.97 Å². The molecule has 2 N–H and O–H groups in total. The molecule has 0 radical (unpaired) electrons. The third-order valence-corrected chi connectivity index (χ3v) is 5.55. The maximum absolute atomic E-state index is 12.7. The highest BCUT2D eigenvalue weighted by atomic mass is 16.5. The van der Waals surface area contributed by atoms with Crippen LogP contribution in [0.2, 0.25) is 0 Å². The van der Waals surface area contributed by atoms with E-state index in [1.54, 1.807) is 13.3 Å². The van der Waals surface area contributed by atoms with Gasteiger partial charge in [0.2, 0.25) is 5.91 Å². The summed E-state index contributed by atoms with van der Waals surface area (Å²) in [6.45, 7) is 0.677. The average Bonchev–Trinajstić information content (AvgIpc) is 3.15. The first-order chi connectivity index (χ1) is 14.2. The first-order valence-corrected chi connectivity index (χ1v) is 10.2. The molecule has 4 rings (SSSR count). The Balaban J connectivity index is 1.42. The lowest BCUT2D eigenvalue weighted by atomic mass is 9.90. The van der Waals surface area contributed by atoms with Crippen LogP contribution in [0.15, 0.2) is 42.7 Å². The molecule has 152 valence electrons. The molecule has 0 saturated heterocycles. The number of hydrogen-bond acceptors (Lipinski definition) is 4. The first kappa shape index (κ1) is 19.3. The van der Waals surface area contributed by atoms with E-state index in [0.29, 0.717) is 24.1 Å². The number of amides is 1. The van der Waals surface area contributed by atoms with E-state index >= 15 is 0 Å². The van der Waals surface area contributed by atoms with Crippen molar-refractivity contribution in [2.24, 2.45) is 5.92 Å². The van der Waals surface area contributed by atoms with Gasteiger partial charge in [-0.15, -0.1) is 0 Å². The number of fused-ring (bicyclic) bond motifs is 1. The predicted octanol–water partition coefficient (Wildman–Crippen LogP) is 4.71. The SMILES string of the molecule is COc1ccc2[nH]cc(CC(=O)Nc3ncccc3OCC3CCCCC3)c2c1. The van der Waals surface area contributed by atoms with Crippen LogP contribution < -0.4 is 14.8 Å². The molecule has 1 aromatic carbocycles. The Morgan fingerprint density at radius 1 is 1.24 bits per heavy atom. The van der Waals surface area contributed by atoms with Crippen molar-refractivity contribution in [3.63, 3.8) is 0 Å². The number of carbonyl (C=O) groups excluding carboxylic acids is 1. The van der Waals surface area contributed by atoms with Gasteiger partial charge in [-0.1, -0.05) is 19.3 Å². The minimum absolute atomic E-state index is 0.130. The number of hydrogen-bond donors (Lipinski definition) is 2. The number of aromatic nitrogens is 2. The summed E-state index contributed by atoms with van der Waals surface area (Å²) in [7, 11) is 1.64. The third kappa shape index (κ3) is 4.70. The highest BCUT2D eigenvalue weighted by molar-refractivity contribution is 5.96. The molecule has 3 aromatic rings. The molecular formula is C23H27N3O3. The van der Waals surface area contributed by atoms with Crippen molar-refractivity contribution < 1.29 is 14.3 Å². The summed E-state index contributed by atoms with van der Waals surface area (Å²) in [5.74, 6) is 2.34. The lowest BCUT2D eigenvalue weighted by Gasteiger charge is -2.22. The number of methoxy groups -OCH3 is 1. The molecule has 1 aliphatic rings. The van der Waals surface area contributed by atoms with Crippen molar-refractivity contribution in [3.05, 3.63) is 48.3 Å². The van der Waals surface area contributed by atoms with Gasteiger partial charge >= 0.3 is 0 Å². The number of nitrogens with one attached hydrogen (secondary N) is 2.